The number of hydrogen-bond donors (Lipinski definition) is 1. The van der Waals surface area contributed by atoms with Gasteiger partial charge in [-0.2, -0.15) is 0 Å². The van der Waals surface area contributed by atoms with Crippen molar-refractivity contribution in [2.45, 2.75) is 39.3 Å². The van der Waals surface area contributed by atoms with Crippen molar-refractivity contribution in [3.63, 3.8) is 0 Å². The van der Waals surface area contributed by atoms with Gasteiger partial charge in [0.2, 0.25) is 0 Å². The molecule has 3 heteroatoms. The minimum atomic E-state index is 0.272. The van der Waals surface area contributed by atoms with E-state index in [0.717, 1.165) is 26.2 Å². The first-order valence-corrected chi connectivity index (χ1v) is 7.70. The van der Waals surface area contributed by atoms with Gasteiger partial charge in [-0.05, 0) is 30.0 Å². The van der Waals surface area contributed by atoms with Gasteiger partial charge in [-0.3, -0.25) is 0 Å². The molecule has 0 aliphatic carbocycles. The SMILES string of the molecule is CCNC(COC1COC1)c1ccc(CC(C)C)cc1. The Bertz CT molecular complexity index is 384. The molecule has 0 aromatic heterocycles. The molecule has 1 atom stereocenters. The zero-order valence-electron chi connectivity index (χ0n) is 12.9. The van der Waals surface area contributed by atoms with Gasteiger partial charge >= 0.3 is 0 Å². The Kier molecular flexibility index (Phi) is 6.02. The third-order valence-electron chi connectivity index (χ3n) is 3.58. The fourth-order valence-corrected chi connectivity index (χ4v) is 2.42. The van der Waals surface area contributed by atoms with Crippen molar-refractivity contribution in [1.29, 1.82) is 0 Å². The standard InChI is InChI=1S/C17H27NO2/c1-4-18-17(12-20-16-10-19-11-16)15-7-5-14(6-8-15)9-13(2)3/h5-8,13,16-18H,4,9-12H2,1-3H3. The van der Waals surface area contributed by atoms with Gasteiger partial charge in [-0.1, -0.05) is 45.0 Å². The van der Waals surface area contributed by atoms with E-state index in [1.54, 1.807) is 0 Å². The summed E-state index contributed by atoms with van der Waals surface area (Å²) in [6, 6.07) is 9.21. The van der Waals surface area contributed by atoms with Gasteiger partial charge in [0.05, 0.1) is 25.9 Å². The monoisotopic (exact) mass is 277 g/mol. The molecule has 0 radical (unpaired) electrons. The minimum absolute atomic E-state index is 0.272. The molecule has 20 heavy (non-hydrogen) atoms. The summed E-state index contributed by atoms with van der Waals surface area (Å²) >= 11 is 0. The van der Waals surface area contributed by atoms with Gasteiger partial charge in [0.1, 0.15) is 6.10 Å². The third-order valence-corrected chi connectivity index (χ3v) is 3.58. The van der Waals surface area contributed by atoms with E-state index in [-0.39, 0.29) is 12.1 Å². The summed E-state index contributed by atoms with van der Waals surface area (Å²) in [5, 5.41) is 3.50. The van der Waals surface area contributed by atoms with Gasteiger partial charge in [0.15, 0.2) is 0 Å². The Morgan fingerprint density at radius 2 is 1.95 bits per heavy atom. The van der Waals surface area contributed by atoms with Crippen LogP contribution >= 0.6 is 0 Å². The number of benzene rings is 1. The normalized spacial score (nSPS) is 17.2. The fraction of sp³-hybridized carbons (Fsp3) is 0.647. The number of ether oxygens (including phenoxy) is 2. The summed E-state index contributed by atoms with van der Waals surface area (Å²) in [4.78, 5) is 0. The van der Waals surface area contributed by atoms with Crippen LogP contribution in [0.5, 0.6) is 0 Å². The second-order valence-corrected chi connectivity index (χ2v) is 5.94. The predicted octanol–water partition coefficient (Wildman–Crippen LogP) is 2.95. The predicted molar refractivity (Wildman–Crippen MR) is 82.0 cm³/mol. The van der Waals surface area contributed by atoms with Crippen molar-refractivity contribution in [2.75, 3.05) is 26.4 Å². The Morgan fingerprint density at radius 1 is 1.25 bits per heavy atom. The molecule has 0 bridgehead atoms. The topological polar surface area (TPSA) is 30.5 Å². The Morgan fingerprint density at radius 3 is 2.45 bits per heavy atom. The molecule has 1 saturated heterocycles. The lowest BCUT2D eigenvalue weighted by atomic mass is 9.99. The highest BCUT2D eigenvalue weighted by Gasteiger charge is 2.21. The molecule has 0 spiro atoms. The minimum Gasteiger partial charge on any atom is -0.376 e. The average molecular weight is 277 g/mol. The highest BCUT2D eigenvalue weighted by atomic mass is 16.6. The number of nitrogens with one attached hydrogen (secondary N) is 1. The number of rotatable bonds is 8. The molecular formula is C17H27NO2. The van der Waals surface area contributed by atoms with Crippen LogP contribution in [0.3, 0.4) is 0 Å². The van der Waals surface area contributed by atoms with E-state index in [2.05, 4.69) is 50.4 Å². The van der Waals surface area contributed by atoms with Crippen molar-refractivity contribution >= 4 is 0 Å². The van der Waals surface area contributed by atoms with Crippen LogP contribution in [0.2, 0.25) is 0 Å². The summed E-state index contributed by atoms with van der Waals surface area (Å²) in [5.41, 5.74) is 2.71. The van der Waals surface area contributed by atoms with Crippen molar-refractivity contribution in [3.8, 4) is 0 Å². The van der Waals surface area contributed by atoms with E-state index in [9.17, 15) is 0 Å². The van der Waals surface area contributed by atoms with E-state index in [1.165, 1.54) is 11.1 Å². The summed E-state index contributed by atoms with van der Waals surface area (Å²) < 4.78 is 11.0. The van der Waals surface area contributed by atoms with E-state index < -0.39 is 0 Å². The highest BCUT2D eigenvalue weighted by molar-refractivity contribution is 5.25. The van der Waals surface area contributed by atoms with Crippen molar-refractivity contribution < 1.29 is 9.47 Å². The second-order valence-electron chi connectivity index (χ2n) is 5.94. The van der Waals surface area contributed by atoms with Crippen LogP contribution < -0.4 is 5.32 Å². The van der Waals surface area contributed by atoms with Gasteiger partial charge in [0, 0.05) is 0 Å². The first-order chi connectivity index (χ1) is 9.69. The molecule has 1 N–H and O–H groups in total. The first-order valence-electron chi connectivity index (χ1n) is 7.70. The van der Waals surface area contributed by atoms with Gasteiger partial charge < -0.3 is 14.8 Å². The fourth-order valence-electron chi connectivity index (χ4n) is 2.42. The lowest BCUT2D eigenvalue weighted by Gasteiger charge is -2.28. The van der Waals surface area contributed by atoms with Crippen molar-refractivity contribution in [2.24, 2.45) is 5.92 Å². The van der Waals surface area contributed by atoms with E-state index >= 15 is 0 Å². The molecule has 1 fully saturated rings. The van der Waals surface area contributed by atoms with E-state index in [4.69, 9.17) is 9.47 Å². The van der Waals surface area contributed by atoms with Crippen molar-refractivity contribution in [3.05, 3.63) is 35.4 Å². The smallest absolute Gasteiger partial charge is 0.104 e. The van der Waals surface area contributed by atoms with Crippen LogP contribution in [0.1, 0.15) is 37.9 Å². The molecule has 1 aliphatic rings. The third kappa shape index (κ3) is 4.58. The molecule has 0 saturated carbocycles. The molecule has 0 amide bonds. The molecule has 1 unspecified atom stereocenters. The van der Waals surface area contributed by atoms with E-state index in [1.807, 2.05) is 0 Å². The van der Waals surface area contributed by atoms with Crippen LogP contribution in [0.4, 0.5) is 0 Å². The second kappa shape index (κ2) is 7.77. The van der Waals surface area contributed by atoms with Crippen LogP contribution in [0, 0.1) is 5.92 Å². The van der Waals surface area contributed by atoms with Crippen molar-refractivity contribution in [1.82, 2.24) is 5.32 Å². The number of likely N-dealkylation sites (N-methyl/N-ethyl adjacent to an activating group) is 1. The Hall–Kier alpha value is -0.900. The lowest BCUT2D eigenvalue weighted by molar-refractivity contribution is -0.133. The lowest BCUT2D eigenvalue weighted by Crippen LogP contribution is -2.38. The summed E-state index contributed by atoms with van der Waals surface area (Å²) in [5.74, 6) is 0.701. The molecule has 1 aromatic rings. The summed E-state index contributed by atoms with van der Waals surface area (Å²) in [7, 11) is 0. The molecular weight excluding hydrogens is 250 g/mol. The molecule has 112 valence electrons. The quantitative estimate of drug-likeness (QED) is 0.792. The summed E-state index contributed by atoms with van der Waals surface area (Å²) in [6.07, 6.45) is 1.43. The van der Waals surface area contributed by atoms with E-state index in [0.29, 0.717) is 12.5 Å². The number of hydrogen-bond acceptors (Lipinski definition) is 3. The first kappa shape index (κ1) is 15.5. The maximum absolute atomic E-state index is 5.85. The highest BCUT2D eigenvalue weighted by Crippen LogP contribution is 2.18. The molecule has 3 nitrogen and oxygen atoms in total. The molecule has 2 rings (SSSR count). The largest absolute Gasteiger partial charge is 0.376 e. The zero-order chi connectivity index (χ0) is 14.4. The van der Waals surface area contributed by atoms with Crippen LogP contribution in [0.25, 0.3) is 0 Å². The van der Waals surface area contributed by atoms with Gasteiger partial charge in [-0.15, -0.1) is 0 Å². The molecule has 1 aliphatic heterocycles. The van der Waals surface area contributed by atoms with Crippen LogP contribution in [-0.2, 0) is 15.9 Å². The van der Waals surface area contributed by atoms with Crippen LogP contribution in [0.15, 0.2) is 24.3 Å². The summed E-state index contributed by atoms with van der Waals surface area (Å²) in [6.45, 7) is 9.78. The van der Waals surface area contributed by atoms with Crippen LogP contribution in [-0.4, -0.2) is 32.5 Å². The maximum Gasteiger partial charge on any atom is 0.104 e. The average Bonchev–Trinajstić information content (AvgIpc) is 2.36. The van der Waals surface area contributed by atoms with Gasteiger partial charge in [0.25, 0.3) is 0 Å². The molecule has 1 heterocycles. The Labute approximate surface area is 122 Å². The van der Waals surface area contributed by atoms with Gasteiger partial charge in [-0.25, -0.2) is 0 Å². The molecule has 1 aromatic carbocycles. The zero-order valence-corrected chi connectivity index (χ0v) is 12.9. The maximum atomic E-state index is 5.85. The Balaban J connectivity index is 1.92.